The summed E-state index contributed by atoms with van der Waals surface area (Å²) >= 11 is 6.12. The van der Waals surface area contributed by atoms with Crippen molar-refractivity contribution < 1.29 is 4.74 Å². The van der Waals surface area contributed by atoms with Gasteiger partial charge in [-0.15, -0.1) is 0 Å². The maximum atomic E-state index is 6.12. The fourth-order valence-electron chi connectivity index (χ4n) is 2.10. The number of halogens is 1. The molecule has 0 amide bonds. The van der Waals surface area contributed by atoms with Gasteiger partial charge >= 0.3 is 0 Å². The Hall–Kier alpha value is -1.46. The molecule has 2 aromatic heterocycles. The molecule has 0 N–H and O–H groups in total. The summed E-state index contributed by atoms with van der Waals surface area (Å²) in [6.45, 7) is 6.24. The molecule has 0 saturated carbocycles. The fraction of sp³-hybridized carbons (Fsp3) is 0.500. The first kappa shape index (κ1) is 14.9. The van der Waals surface area contributed by atoms with Crippen molar-refractivity contribution in [3.8, 4) is 11.3 Å². The van der Waals surface area contributed by atoms with Gasteiger partial charge in [-0.05, 0) is 5.41 Å². The van der Waals surface area contributed by atoms with E-state index in [1.54, 1.807) is 24.1 Å². The average Bonchev–Trinajstić information content (AvgIpc) is 2.74. The van der Waals surface area contributed by atoms with E-state index in [1.807, 2.05) is 13.2 Å². The Morgan fingerprint density at radius 3 is 2.50 bits per heavy atom. The lowest BCUT2D eigenvalue weighted by atomic mass is 9.88. The summed E-state index contributed by atoms with van der Waals surface area (Å²) in [4.78, 5) is 8.89. The highest BCUT2D eigenvalue weighted by molar-refractivity contribution is 6.29. The predicted molar refractivity (Wildman–Crippen MR) is 78.4 cm³/mol. The van der Waals surface area contributed by atoms with Gasteiger partial charge in [0, 0.05) is 32.0 Å². The molecule has 0 aromatic carbocycles. The topological polar surface area (TPSA) is 52.8 Å². The summed E-state index contributed by atoms with van der Waals surface area (Å²) in [5, 5.41) is 4.55. The molecule has 6 heteroatoms. The summed E-state index contributed by atoms with van der Waals surface area (Å²) < 4.78 is 7.27. The summed E-state index contributed by atoms with van der Waals surface area (Å²) in [6, 6.07) is 1.73. The first-order valence-corrected chi connectivity index (χ1v) is 6.75. The van der Waals surface area contributed by atoms with Gasteiger partial charge in [0.25, 0.3) is 0 Å². The van der Waals surface area contributed by atoms with Crippen LogP contribution in [-0.4, -0.2) is 26.9 Å². The number of hydrogen-bond donors (Lipinski definition) is 0. The molecule has 0 bridgehead atoms. The van der Waals surface area contributed by atoms with Crippen LogP contribution in [0.15, 0.2) is 18.5 Å². The van der Waals surface area contributed by atoms with E-state index in [0.717, 1.165) is 11.3 Å². The largest absolute Gasteiger partial charge is 0.373 e. The van der Waals surface area contributed by atoms with Gasteiger partial charge in [-0.25, -0.2) is 9.97 Å². The van der Waals surface area contributed by atoms with Gasteiger partial charge in [0.1, 0.15) is 11.3 Å². The lowest BCUT2D eigenvalue weighted by Gasteiger charge is -2.28. The standard InChI is InChI=1S/C14H19ClN4O/c1-14(2,3)12(20-5)13-17-10(6-11(15)18-13)9-7-16-19(4)8-9/h6-8,12H,1-5H3. The fourth-order valence-corrected chi connectivity index (χ4v) is 2.29. The van der Waals surface area contributed by atoms with Crippen molar-refractivity contribution in [2.24, 2.45) is 12.5 Å². The molecule has 0 aliphatic carbocycles. The van der Waals surface area contributed by atoms with Crippen LogP contribution in [0.3, 0.4) is 0 Å². The zero-order valence-electron chi connectivity index (χ0n) is 12.4. The molecule has 20 heavy (non-hydrogen) atoms. The van der Waals surface area contributed by atoms with E-state index in [9.17, 15) is 0 Å². The highest BCUT2D eigenvalue weighted by atomic mass is 35.5. The third-order valence-electron chi connectivity index (χ3n) is 2.97. The van der Waals surface area contributed by atoms with Crippen LogP contribution >= 0.6 is 11.6 Å². The molecule has 2 heterocycles. The minimum atomic E-state index is -0.225. The average molecular weight is 295 g/mol. The second-order valence-electron chi connectivity index (χ2n) is 5.82. The predicted octanol–water partition coefficient (Wildman–Crippen LogP) is 3.26. The van der Waals surface area contributed by atoms with E-state index < -0.39 is 0 Å². The van der Waals surface area contributed by atoms with Gasteiger partial charge in [-0.3, -0.25) is 4.68 Å². The number of aromatic nitrogens is 4. The number of aryl methyl sites for hydroxylation is 1. The molecule has 0 fully saturated rings. The summed E-state index contributed by atoms with van der Waals surface area (Å²) in [7, 11) is 3.52. The van der Waals surface area contributed by atoms with Crippen molar-refractivity contribution in [1.82, 2.24) is 19.7 Å². The quantitative estimate of drug-likeness (QED) is 0.815. The van der Waals surface area contributed by atoms with Crippen molar-refractivity contribution in [3.63, 3.8) is 0 Å². The Balaban J connectivity index is 2.48. The molecule has 2 rings (SSSR count). The van der Waals surface area contributed by atoms with Crippen molar-refractivity contribution in [1.29, 1.82) is 0 Å². The smallest absolute Gasteiger partial charge is 0.160 e. The van der Waals surface area contributed by atoms with Gasteiger partial charge in [0.15, 0.2) is 5.82 Å². The maximum Gasteiger partial charge on any atom is 0.160 e. The number of nitrogens with zero attached hydrogens (tertiary/aromatic N) is 4. The van der Waals surface area contributed by atoms with E-state index in [2.05, 4.69) is 35.8 Å². The van der Waals surface area contributed by atoms with E-state index in [1.165, 1.54) is 0 Å². The molecule has 0 saturated heterocycles. The molecule has 0 aliphatic rings. The van der Waals surface area contributed by atoms with Crippen molar-refractivity contribution in [3.05, 3.63) is 29.4 Å². The van der Waals surface area contributed by atoms with Crippen LogP contribution in [0, 0.1) is 5.41 Å². The molecule has 1 unspecified atom stereocenters. The lowest BCUT2D eigenvalue weighted by Crippen LogP contribution is -2.22. The van der Waals surface area contributed by atoms with Crippen LogP contribution in [0.2, 0.25) is 5.15 Å². The first-order chi connectivity index (χ1) is 9.31. The summed E-state index contributed by atoms with van der Waals surface area (Å²) in [6.07, 6.45) is 3.42. The molecule has 0 spiro atoms. The Morgan fingerprint density at radius 1 is 1.30 bits per heavy atom. The minimum Gasteiger partial charge on any atom is -0.373 e. The second-order valence-corrected chi connectivity index (χ2v) is 6.21. The highest BCUT2D eigenvalue weighted by Gasteiger charge is 2.29. The van der Waals surface area contributed by atoms with Gasteiger partial charge < -0.3 is 4.74 Å². The van der Waals surface area contributed by atoms with Crippen molar-refractivity contribution >= 4 is 11.6 Å². The normalized spacial score (nSPS) is 13.5. The Kier molecular flexibility index (Phi) is 4.11. The molecule has 108 valence electrons. The molecule has 0 radical (unpaired) electrons. The summed E-state index contributed by atoms with van der Waals surface area (Å²) in [5.74, 6) is 0.589. The second kappa shape index (κ2) is 5.50. The van der Waals surface area contributed by atoms with Gasteiger partial charge in [-0.2, -0.15) is 5.10 Å². The highest BCUT2D eigenvalue weighted by Crippen LogP contribution is 2.35. The summed E-state index contributed by atoms with van der Waals surface area (Å²) in [5.41, 5.74) is 1.53. The van der Waals surface area contributed by atoms with Crippen LogP contribution in [-0.2, 0) is 11.8 Å². The van der Waals surface area contributed by atoms with Crippen molar-refractivity contribution in [2.45, 2.75) is 26.9 Å². The van der Waals surface area contributed by atoms with Gasteiger partial charge in [0.05, 0.1) is 11.9 Å². The molecule has 2 aromatic rings. The number of ether oxygens (including phenoxy) is 1. The number of hydrogen-bond acceptors (Lipinski definition) is 4. The first-order valence-electron chi connectivity index (χ1n) is 6.37. The van der Waals surface area contributed by atoms with Crippen molar-refractivity contribution in [2.75, 3.05) is 7.11 Å². The third-order valence-corrected chi connectivity index (χ3v) is 3.16. The van der Waals surface area contributed by atoms with Gasteiger partial charge in [-0.1, -0.05) is 32.4 Å². The van der Waals surface area contributed by atoms with Gasteiger partial charge in [0.2, 0.25) is 0 Å². The molecular formula is C14H19ClN4O. The minimum absolute atomic E-state index is 0.119. The van der Waals surface area contributed by atoms with Crippen LogP contribution in [0.1, 0.15) is 32.7 Å². The van der Waals surface area contributed by atoms with E-state index in [4.69, 9.17) is 16.3 Å². The number of methoxy groups -OCH3 is 1. The zero-order chi connectivity index (χ0) is 14.9. The number of rotatable bonds is 3. The van der Waals surface area contributed by atoms with Crippen LogP contribution < -0.4 is 0 Å². The molecule has 5 nitrogen and oxygen atoms in total. The maximum absolute atomic E-state index is 6.12. The SMILES string of the molecule is COC(c1nc(Cl)cc(-c2cnn(C)c2)n1)C(C)(C)C. The van der Waals surface area contributed by atoms with E-state index in [0.29, 0.717) is 11.0 Å². The zero-order valence-corrected chi connectivity index (χ0v) is 13.1. The van der Waals surface area contributed by atoms with E-state index in [-0.39, 0.29) is 11.5 Å². The molecule has 1 atom stereocenters. The molecular weight excluding hydrogens is 276 g/mol. The van der Waals surface area contributed by atoms with Crippen LogP contribution in [0.5, 0.6) is 0 Å². The lowest BCUT2D eigenvalue weighted by molar-refractivity contribution is 0.00875. The third kappa shape index (κ3) is 3.16. The Bertz CT molecular complexity index is 603. The Labute approximate surface area is 124 Å². The van der Waals surface area contributed by atoms with Crippen LogP contribution in [0.4, 0.5) is 0 Å². The molecule has 0 aliphatic heterocycles. The van der Waals surface area contributed by atoms with E-state index >= 15 is 0 Å². The Morgan fingerprint density at radius 2 is 2.00 bits per heavy atom. The monoisotopic (exact) mass is 294 g/mol. The van der Waals surface area contributed by atoms with Crippen LogP contribution in [0.25, 0.3) is 11.3 Å².